The third kappa shape index (κ3) is 1.84. The second-order valence-electron chi connectivity index (χ2n) is 7.87. The first-order valence-corrected chi connectivity index (χ1v) is 8.46. The highest BCUT2D eigenvalue weighted by atomic mass is 16.6. The maximum Gasteiger partial charge on any atom is 0.339 e. The van der Waals surface area contributed by atoms with Crippen LogP contribution in [0.15, 0.2) is 24.3 Å². The van der Waals surface area contributed by atoms with Crippen molar-refractivity contribution in [1.82, 2.24) is 0 Å². The molecule has 2 fully saturated rings. The van der Waals surface area contributed by atoms with Gasteiger partial charge in [-0.15, -0.1) is 0 Å². The third-order valence-electron chi connectivity index (χ3n) is 6.67. The Balaban J connectivity index is 1.61. The fraction of sp³-hybridized carbons (Fsp3) is 0.632. The molecular weight excluding hydrogens is 292 g/mol. The van der Waals surface area contributed by atoms with E-state index in [0.29, 0.717) is 19.6 Å². The molecule has 0 radical (unpaired) electrons. The second kappa shape index (κ2) is 4.73. The van der Waals surface area contributed by atoms with E-state index in [1.165, 1.54) is 0 Å². The van der Waals surface area contributed by atoms with Gasteiger partial charge in [0, 0.05) is 17.4 Å². The highest BCUT2D eigenvalue weighted by Crippen LogP contribution is 2.65. The van der Waals surface area contributed by atoms with Gasteiger partial charge in [0.2, 0.25) is 0 Å². The zero-order chi connectivity index (χ0) is 16.3. The number of esters is 1. The third-order valence-corrected chi connectivity index (χ3v) is 6.67. The van der Waals surface area contributed by atoms with Crippen LogP contribution in [0, 0.1) is 10.8 Å². The molecule has 4 rings (SSSR count). The number of ether oxygens (including phenoxy) is 3. The van der Waals surface area contributed by atoms with E-state index < -0.39 is 5.60 Å². The summed E-state index contributed by atoms with van der Waals surface area (Å²) < 4.78 is 17.7. The molecule has 23 heavy (non-hydrogen) atoms. The van der Waals surface area contributed by atoms with E-state index >= 15 is 0 Å². The van der Waals surface area contributed by atoms with Crippen molar-refractivity contribution in [2.45, 2.75) is 51.7 Å². The van der Waals surface area contributed by atoms with Crippen LogP contribution < -0.4 is 4.74 Å². The molecule has 3 aliphatic rings. The minimum atomic E-state index is -0.797. The van der Waals surface area contributed by atoms with Crippen LogP contribution in [-0.2, 0) is 14.3 Å². The number of carbonyl (C=O) groups excluding carboxylic acids is 1. The van der Waals surface area contributed by atoms with Crippen LogP contribution in [0.5, 0.6) is 5.75 Å². The molecule has 3 atom stereocenters. The second-order valence-corrected chi connectivity index (χ2v) is 7.87. The average Bonchev–Trinajstić information content (AvgIpc) is 2.87. The van der Waals surface area contributed by atoms with Crippen LogP contribution >= 0.6 is 0 Å². The summed E-state index contributed by atoms with van der Waals surface area (Å²) in [5, 5.41) is 0. The van der Waals surface area contributed by atoms with Crippen molar-refractivity contribution >= 4 is 5.97 Å². The molecule has 2 aliphatic heterocycles. The number of rotatable bonds is 2. The number of benzene rings is 1. The summed E-state index contributed by atoms with van der Waals surface area (Å²) in [6, 6.07) is 7.79. The van der Waals surface area contributed by atoms with Crippen molar-refractivity contribution in [2.24, 2.45) is 10.8 Å². The molecule has 0 N–H and O–H groups in total. The van der Waals surface area contributed by atoms with Crippen LogP contribution in [0.2, 0.25) is 0 Å². The Morgan fingerprint density at radius 3 is 2.65 bits per heavy atom. The summed E-state index contributed by atoms with van der Waals surface area (Å²) in [5.41, 5.74) is 0.0103. The predicted octanol–water partition coefficient (Wildman–Crippen LogP) is 3.65. The van der Waals surface area contributed by atoms with Crippen molar-refractivity contribution in [3.8, 4) is 5.75 Å². The first kappa shape index (κ1) is 15.0. The Kier molecular flexibility index (Phi) is 3.08. The van der Waals surface area contributed by atoms with Gasteiger partial charge < -0.3 is 14.2 Å². The minimum Gasteiger partial charge on any atom is -0.493 e. The normalized spacial score (nSPS) is 37.1. The van der Waals surface area contributed by atoms with Crippen LogP contribution in [0.25, 0.3) is 0 Å². The van der Waals surface area contributed by atoms with Gasteiger partial charge in [-0.05, 0) is 24.3 Å². The minimum absolute atomic E-state index is 0.0552. The van der Waals surface area contributed by atoms with Gasteiger partial charge >= 0.3 is 5.97 Å². The van der Waals surface area contributed by atoms with Crippen LogP contribution in [-0.4, -0.2) is 24.8 Å². The number of para-hydroxylation sites is 1. The lowest BCUT2D eigenvalue weighted by molar-refractivity contribution is -0.183. The molecule has 0 spiro atoms. The van der Waals surface area contributed by atoms with Gasteiger partial charge in [0.25, 0.3) is 0 Å². The molecule has 4 heteroatoms. The van der Waals surface area contributed by atoms with Crippen molar-refractivity contribution in [1.29, 1.82) is 0 Å². The van der Waals surface area contributed by atoms with Gasteiger partial charge in [0.05, 0.1) is 13.2 Å². The maximum absolute atomic E-state index is 13.1. The highest BCUT2D eigenvalue weighted by Gasteiger charge is 2.71. The smallest absolute Gasteiger partial charge is 0.339 e. The summed E-state index contributed by atoms with van der Waals surface area (Å²) in [7, 11) is 0. The molecule has 1 aromatic carbocycles. The Morgan fingerprint density at radius 2 is 2.00 bits per heavy atom. The first-order valence-electron chi connectivity index (χ1n) is 8.46. The molecule has 2 bridgehead atoms. The number of fused-ring (bicyclic) bond motifs is 3. The van der Waals surface area contributed by atoms with Crippen molar-refractivity contribution in [3.05, 3.63) is 29.8 Å². The quantitative estimate of drug-likeness (QED) is 0.781. The van der Waals surface area contributed by atoms with E-state index in [-0.39, 0.29) is 22.9 Å². The lowest BCUT2D eigenvalue weighted by atomic mass is 9.66. The van der Waals surface area contributed by atoms with E-state index in [1.54, 1.807) is 0 Å². The van der Waals surface area contributed by atoms with Crippen LogP contribution in [0.1, 0.15) is 51.7 Å². The van der Waals surface area contributed by atoms with Gasteiger partial charge in [-0.2, -0.15) is 0 Å². The van der Waals surface area contributed by atoms with Gasteiger partial charge in [0.15, 0.2) is 5.60 Å². The molecule has 124 valence electrons. The zero-order valence-corrected chi connectivity index (χ0v) is 14.1. The van der Waals surface area contributed by atoms with E-state index in [2.05, 4.69) is 20.8 Å². The molecule has 1 aliphatic carbocycles. The Hall–Kier alpha value is -1.55. The van der Waals surface area contributed by atoms with Crippen LogP contribution in [0.3, 0.4) is 0 Å². The van der Waals surface area contributed by atoms with Gasteiger partial charge in [-0.25, -0.2) is 4.79 Å². The van der Waals surface area contributed by atoms with E-state index in [0.717, 1.165) is 24.2 Å². The van der Waals surface area contributed by atoms with Crippen molar-refractivity contribution < 1.29 is 19.0 Å². The molecule has 1 saturated carbocycles. The fourth-order valence-electron chi connectivity index (χ4n) is 4.42. The number of hydrogen-bond donors (Lipinski definition) is 0. The van der Waals surface area contributed by atoms with Crippen LogP contribution in [0.4, 0.5) is 0 Å². The average molecular weight is 316 g/mol. The Morgan fingerprint density at radius 1 is 1.22 bits per heavy atom. The highest BCUT2D eigenvalue weighted by molar-refractivity contribution is 5.82. The number of hydrogen-bond acceptors (Lipinski definition) is 4. The van der Waals surface area contributed by atoms with Crippen molar-refractivity contribution in [3.63, 3.8) is 0 Å². The first-order chi connectivity index (χ1) is 10.9. The molecule has 1 saturated heterocycles. The lowest BCUT2D eigenvalue weighted by Crippen LogP contribution is -2.49. The summed E-state index contributed by atoms with van der Waals surface area (Å²) in [5.74, 6) is 0.613. The molecule has 4 nitrogen and oxygen atoms in total. The van der Waals surface area contributed by atoms with E-state index in [1.807, 2.05) is 24.3 Å². The van der Waals surface area contributed by atoms with Gasteiger partial charge in [-0.1, -0.05) is 39.0 Å². The summed E-state index contributed by atoms with van der Waals surface area (Å²) in [4.78, 5) is 13.1. The molecule has 0 unspecified atom stereocenters. The largest absolute Gasteiger partial charge is 0.493 e. The summed E-state index contributed by atoms with van der Waals surface area (Å²) in [6.45, 7) is 7.72. The van der Waals surface area contributed by atoms with E-state index in [4.69, 9.17) is 14.2 Å². The lowest BCUT2D eigenvalue weighted by Gasteiger charge is -2.38. The Bertz CT molecular complexity index is 641. The molecule has 0 amide bonds. The van der Waals surface area contributed by atoms with E-state index in [9.17, 15) is 4.79 Å². The maximum atomic E-state index is 13.1. The molecule has 2 heterocycles. The molecular formula is C19H24O4. The summed E-state index contributed by atoms with van der Waals surface area (Å²) >= 11 is 0. The fourth-order valence-corrected chi connectivity index (χ4v) is 4.42. The van der Waals surface area contributed by atoms with Gasteiger partial charge in [0.1, 0.15) is 11.9 Å². The predicted molar refractivity (Wildman–Crippen MR) is 85.2 cm³/mol. The topological polar surface area (TPSA) is 44.8 Å². The SMILES string of the molecule is CC1(C)[C@@]2(C)CC[C@]1(C(=O)O[C@@H]1CCOc3ccccc31)OC2. The van der Waals surface area contributed by atoms with Crippen molar-refractivity contribution in [2.75, 3.05) is 13.2 Å². The zero-order valence-electron chi connectivity index (χ0n) is 14.1. The van der Waals surface area contributed by atoms with Gasteiger partial charge in [-0.3, -0.25) is 0 Å². The standard InChI is InChI=1S/C19H24O4/c1-17(2)18(3)9-10-19(17,22-12-18)16(20)23-15-8-11-21-14-7-5-4-6-13(14)15/h4-7,15H,8-12H2,1-3H3/t15-,18+,19-/m1/s1. The summed E-state index contributed by atoms with van der Waals surface area (Å²) in [6.07, 6.45) is 2.21. The number of carbonyl (C=O) groups is 1. The molecule has 1 aromatic rings. The molecule has 0 aromatic heterocycles. The monoisotopic (exact) mass is 316 g/mol. The Labute approximate surface area is 137 Å².